The minimum absolute atomic E-state index is 0.0372. The Labute approximate surface area is 120 Å². The van der Waals surface area contributed by atoms with Crippen LogP contribution in [0.5, 0.6) is 0 Å². The quantitative estimate of drug-likeness (QED) is 0.744. The average Bonchev–Trinajstić information content (AvgIpc) is 2.30. The van der Waals surface area contributed by atoms with Crippen LogP contribution in [0.4, 0.5) is 0 Å². The smallest absolute Gasteiger partial charge is 0.254 e. The van der Waals surface area contributed by atoms with Gasteiger partial charge in [-0.1, -0.05) is 37.9 Å². The lowest BCUT2D eigenvalue weighted by atomic mass is 10.0. The Morgan fingerprint density at radius 3 is 2.47 bits per heavy atom. The maximum atomic E-state index is 12.3. The van der Waals surface area contributed by atoms with Crippen LogP contribution in [0, 0.1) is 6.92 Å². The number of carbonyl (C=O) groups excluding carboxylic acids is 1. The molecule has 0 radical (unpaired) electrons. The van der Waals surface area contributed by atoms with E-state index in [4.69, 9.17) is 0 Å². The van der Waals surface area contributed by atoms with Crippen LogP contribution in [0.25, 0.3) is 0 Å². The lowest BCUT2D eigenvalue weighted by Crippen LogP contribution is -2.46. The SMILES string of the molecule is Cc1ccc(C(=O)N(C)C(C)(C)CBr)cc1Br. The van der Waals surface area contributed by atoms with Crippen LogP contribution in [0.15, 0.2) is 22.7 Å². The fourth-order valence-corrected chi connectivity index (χ4v) is 2.04. The lowest BCUT2D eigenvalue weighted by molar-refractivity contribution is 0.0663. The van der Waals surface area contributed by atoms with Crippen molar-refractivity contribution in [3.05, 3.63) is 33.8 Å². The summed E-state index contributed by atoms with van der Waals surface area (Å²) in [6.07, 6.45) is 0. The second kappa shape index (κ2) is 5.53. The summed E-state index contributed by atoms with van der Waals surface area (Å²) < 4.78 is 0.966. The van der Waals surface area contributed by atoms with Crippen molar-refractivity contribution in [3.8, 4) is 0 Å². The minimum atomic E-state index is -0.200. The number of benzene rings is 1. The van der Waals surface area contributed by atoms with Crippen LogP contribution in [-0.4, -0.2) is 28.7 Å². The predicted molar refractivity (Wildman–Crippen MR) is 78.8 cm³/mol. The highest BCUT2D eigenvalue weighted by Gasteiger charge is 2.27. The van der Waals surface area contributed by atoms with Crippen molar-refractivity contribution in [2.75, 3.05) is 12.4 Å². The molecule has 0 aromatic heterocycles. The molecule has 0 saturated carbocycles. The normalized spacial score (nSPS) is 11.4. The Bertz CT molecular complexity index is 429. The van der Waals surface area contributed by atoms with Gasteiger partial charge in [0.1, 0.15) is 0 Å². The van der Waals surface area contributed by atoms with E-state index in [2.05, 4.69) is 31.9 Å². The third-order valence-corrected chi connectivity index (χ3v) is 5.19. The second-order valence-corrected chi connectivity index (χ2v) is 6.19. The zero-order valence-electron chi connectivity index (χ0n) is 10.6. The lowest BCUT2D eigenvalue weighted by Gasteiger charge is -2.34. The molecule has 1 aromatic rings. The number of nitrogens with zero attached hydrogens (tertiary/aromatic N) is 1. The van der Waals surface area contributed by atoms with E-state index in [0.717, 1.165) is 15.4 Å². The average molecular weight is 363 g/mol. The topological polar surface area (TPSA) is 20.3 Å². The van der Waals surface area contributed by atoms with E-state index in [-0.39, 0.29) is 11.4 Å². The van der Waals surface area contributed by atoms with Gasteiger partial charge < -0.3 is 4.90 Å². The molecule has 0 heterocycles. The summed E-state index contributed by atoms with van der Waals surface area (Å²) >= 11 is 6.89. The fraction of sp³-hybridized carbons (Fsp3) is 0.462. The summed E-state index contributed by atoms with van der Waals surface area (Å²) in [4.78, 5) is 14.1. The fourth-order valence-electron chi connectivity index (χ4n) is 1.28. The summed E-state index contributed by atoms with van der Waals surface area (Å²) in [5.74, 6) is 0.0372. The zero-order valence-corrected chi connectivity index (χ0v) is 13.7. The largest absolute Gasteiger partial charge is 0.336 e. The van der Waals surface area contributed by atoms with E-state index in [9.17, 15) is 4.79 Å². The molecular formula is C13H17Br2NO. The second-order valence-electron chi connectivity index (χ2n) is 4.77. The van der Waals surface area contributed by atoms with Crippen LogP contribution in [0.2, 0.25) is 0 Å². The molecule has 0 N–H and O–H groups in total. The molecule has 1 rings (SSSR count). The third kappa shape index (κ3) is 3.32. The molecule has 1 amide bonds. The van der Waals surface area contributed by atoms with Gasteiger partial charge in [-0.05, 0) is 38.5 Å². The van der Waals surface area contributed by atoms with Crippen molar-refractivity contribution in [3.63, 3.8) is 0 Å². The molecule has 0 fully saturated rings. The number of amides is 1. The van der Waals surface area contributed by atoms with Gasteiger partial charge >= 0.3 is 0 Å². The first-order valence-electron chi connectivity index (χ1n) is 5.40. The summed E-state index contributed by atoms with van der Waals surface area (Å²) in [6, 6.07) is 5.69. The number of halogens is 2. The van der Waals surface area contributed by atoms with Crippen LogP contribution >= 0.6 is 31.9 Å². The first-order chi connectivity index (χ1) is 7.79. The van der Waals surface area contributed by atoms with Crippen LogP contribution in [-0.2, 0) is 0 Å². The molecule has 0 aliphatic heterocycles. The third-order valence-electron chi connectivity index (χ3n) is 2.96. The maximum absolute atomic E-state index is 12.3. The van der Waals surface area contributed by atoms with Crippen LogP contribution in [0.3, 0.4) is 0 Å². The number of hydrogen-bond acceptors (Lipinski definition) is 1. The van der Waals surface area contributed by atoms with Gasteiger partial charge in [0.05, 0.1) is 0 Å². The molecule has 17 heavy (non-hydrogen) atoms. The van der Waals surface area contributed by atoms with Crippen molar-refractivity contribution in [1.82, 2.24) is 4.90 Å². The summed E-state index contributed by atoms with van der Waals surface area (Å²) in [6.45, 7) is 6.07. The number of alkyl halides is 1. The number of hydrogen-bond donors (Lipinski definition) is 0. The Kier molecular flexibility index (Phi) is 4.78. The molecule has 0 aliphatic carbocycles. The van der Waals surface area contributed by atoms with E-state index in [0.29, 0.717) is 5.56 Å². The van der Waals surface area contributed by atoms with Gasteiger partial charge in [0.25, 0.3) is 5.91 Å². The molecule has 0 unspecified atom stereocenters. The monoisotopic (exact) mass is 361 g/mol. The molecule has 0 atom stereocenters. The van der Waals surface area contributed by atoms with Gasteiger partial charge in [-0.15, -0.1) is 0 Å². The molecule has 1 aromatic carbocycles. The highest BCUT2D eigenvalue weighted by molar-refractivity contribution is 9.10. The molecule has 0 bridgehead atoms. The summed E-state index contributed by atoms with van der Waals surface area (Å²) in [7, 11) is 1.83. The van der Waals surface area contributed by atoms with Crippen molar-refractivity contribution in [2.45, 2.75) is 26.3 Å². The van der Waals surface area contributed by atoms with Crippen molar-refractivity contribution in [1.29, 1.82) is 0 Å². The highest BCUT2D eigenvalue weighted by atomic mass is 79.9. The first kappa shape index (κ1) is 14.7. The maximum Gasteiger partial charge on any atom is 0.254 e. The van der Waals surface area contributed by atoms with E-state index in [1.807, 2.05) is 46.0 Å². The summed E-state index contributed by atoms with van der Waals surface area (Å²) in [5, 5.41) is 0.745. The summed E-state index contributed by atoms with van der Waals surface area (Å²) in [5.41, 5.74) is 1.64. The zero-order chi connectivity index (χ0) is 13.2. The van der Waals surface area contributed by atoms with Crippen molar-refractivity contribution < 1.29 is 4.79 Å². The van der Waals surface area contributed by atoms with E-state index in [1.54, 1.807) is 4.90 Å². The molecule has 94 valence electrons. The molecule has 0 aliphatic rings. The minimum Gasteiger partial charge on any atom is -0.336 e. The van der Waals surface area contributed by atoms with Gasteiger partial charge in [-0.25, -0.2) is 0 Å². The van der Waals surface area contributed by atoms with Gasteiger partial charge in [-0.2, -0.15) is 0 Å². The molecule has 2 nitrogen and oxygen atoms in total. The first-order valence-corrected chi connectivity index (χ1v) is 7.31. The number of aryl methyl sites for hydroxylation is 1. The van der Waals surface area contributed by atoms with Crippen molar-refractivity contribution in [2.24, 2.45) is 0 Å². The Morgan fingerprint density at radius 2 is 2.00 bits per heavy atom. The van der Waals surface area contributed by atoms with Crippen LogP contribution in [0.1, 0.15) is 29.8 Å². The number of carbonyl (C=O) groups is 1. The van der Waals surface area contributed by atoms with Gasteiger partial charge in [-0.3, -0.25) is 4.79 Å². The molecule has 4 heteroatoms. The van der Waals surface area contributed by atoms with Gasteiger partial charge in [0.15, 0.2) is 0 Å². The van der Waals surface area contributed by atoms with Crippen molar-refractivity contribution >= 4 is 37.8 Å². The number of rotatable bonds is 3. The molecule has 0 saturated heterocycles. The molecular weight excluding hydrogens is 346 g/mol. The van der Waals surface area contributed by atoms with E-state index < -0.39 is 0 Å². The Balaban J connectivity index is 3.01. The molecule has 0 spiro atoms. The predicted octanol–water partition coefficient (Wildman–Crippen LogP) is 4.00. The van der Waals surface area contributed by atoms with Crippen LogP contribution < -0.4 is 0 Å². The van der Waals surface area contributed by atoms with E-state index >= 15 is 0 Å². The highest BCUT2D eigenvalue weighted by Crippen LogP contribution is 2.22. The van der Waals surface area contributed by atoms with Gasteiger partial charge in [0, 0.05) is 28.0 Å². The van der Waals surface area contributed by atoms with E-state index in [1.165, 1.54) is 0 Å². The Morgan fingerprint density at radius 1 is 1.41 bits per heavy atom. The Hall–Kier alpha value is -0.350. The standard InChI is InChI=1S/C13H17Br2NO/c1-9-5-6-10(7-11(9)15)12(17)16(4)13(2,3)8-14/h5-7H,8H2,1-4H3. The van der Waals surface area contributed by atoms with Gasteiger partial charge in [0.2, 0.25) is 0 Å².